The van der Waals surface area contributed by atoms with Gasteiger partial charge in [0, 0.05) is 32.7 Å². The molecule has 0 unspecified atom stereocenters. The summed E-state index contributed by atoms with van der Waals surface area (Å²) in [6, 6.07) is 10.2. The third kappa shape index (κ3) is 3.33. The highest BCUT2D eigenvalue weighted by Gasteiger charge is 2.43. The maximum atomic E-state index is 12.4. The summed E-state index contributed by atoms with van der Waals surface area (Å²) in [6.07, 6.45) is -4.07. The largest absolute Gasteiger partial charge is 0.401 e. The molecular formula is C15H19F3N2. The summed E-state index contributed by atoms with van der Waals surface area (Å²) in [5, 5.41) is 0. The first kappa shape index (κ1) is 13.9. The first-order chi connectivity index (χ1) is 9.49. The highest BCUT2D eigenvalue weighted by molar-refractivity contribution is 5.15. The second-order valence-corrected chi connectivity index (χ2v) is 6.01. The van der Waals surface area contributed by atoms with E-state index in [0.717, 1.165) is 19.6 Å². The van der Waals surface area contributed by atoms with Gasteiger partial charge >= 0.3 is 6.18 Å². The molecule has 2 aliphatic heterocycles. The molecule has 2 nitrogen and oxygen atoms in total. The van der Waals surface area contributed by atoms with E-state index in [-0.39, 0.29) is 0 Å². The number of alkyl halides is 3. The molecule has 3 rings (SSSR count). The van der Waals surface area contributed by atoms with Crippen molar-refractivity contribution >= 4 is 0 Å². The van der Waals surface area contributed by atoms with E-state index in [0.29, 0.717) is 24.9 Å². The molecule has 5 heteroatoms. The molecule has 2 fully saturated rings. The summed E-state index contributed by atoms with van der Waals surface area (Å²) >= 11 is 0. The quantitative estimate of drug-likeness (QED) is 0.842. The van der Waals surface area contributed by atoms with Crippen LogP contribution in [0.25, 0.3) is 0 Å². The second-order valence-electron chi connectivity index (χ2n) is 6.01. The molecule has 0 saturated carbocycles. The van der Waals surface area contributed by atoms with Gasteiger partial charge < -0.3 is 0 Å². The van der Waals surface area contributed by atoms with Gasteiger partial charge in [-0.1, -0.05) is 30.3 Å². The lowest BCUT2D eigenvalue weighted by atomic mass is 10.0. The van der Waals surface area contributed by atoms with E-state index >= 15 is 0 Å². The summed E-state index contributed by atoms with van der Waals surface area (Å²) in [5.41, 5.74) is 1.28. The highest BCUT2D eigenvalue weighted by atomic mass is 19.4. The molecule has 2 saturated heterocycles. The zero-order valence-corrected chi connectivity index (χ0v) is 11.3. The third-order valence-electron chi connectivity index (χ3n) is 4.29. The Bertz CT molecular complexity index is 432. The van der Waals surface area contributed by atoms with Gasteiger partial charge in [-0.25, -0.2) is 0 Å². The van der Waals surface area contributed by atoms with Gasteiger partial charge in [0.2, 0.25) is 0 Å². The monoisotopic (exact) mass is 284 g/mol. The fourth-order valence-electron chi connectivity index (χ4n) is 3.54. The topological polar surface area (TPSA) is 6.48 Å². The predicted molar refractivity (Wildman–Crippen MR) is 71.2 cm³/mol. The molecule has 0 radical (unpaired) electrons. The van der Waals surface area contributed by atoms with Crippen molar-refractivity contribution in [2.24, 2.45) is 11.8 Å². The van der Waals surface area contributed by atoms with E-state index in [1.165, 1.54) is 5.56 Å². The van der Waals surface area contributed by atoms with Crippen molar-refractivity contribution in [1.29, 1.82) is 0 Å². The second kappa shape index (κ2) is 5.37. The van der Waals surface area contributed by atoms with Crippen LogP contribution < -0.4 is 0 Å². The van der Waals surface area contributed by atoms with Gasteiger partial charge in [0.1, 0.15) is 0 Å². The molecule has 0 aromatic heterocycles. The Morgan fingerprint density at radius 2 is 1.45 bits per heavy atom. The van der Waals surface area contributed by atoms with Gasteiger partial charge in [0.25, 0.3) is 0 Å². The van der Waals surface area contributed by atoms with Crippen molar-refractivity contribution < 1.29 is 13.2 Å². The summed E-state index contributed by atoms with van der Waals surface area (Å²) < 4.78 is 37.2. The summed E-state index contributed by atoms with van der Waals surface area (Å²) in [6.45, 7) is 3.19. The van der Waals surface area contributed by atoms with Crippen LogP contribution in [-0.2, 0) is 6.54 Å². The maximum absolute atomic E-state index is 12.4. The van der Waals surface area contributed by atoms with Crippen LogP contribution in [0.5, 0.6) is 0 Å². The predicted octanol–water partition coefficient (Wildman–Crippen LogP) is 2.61. The lowest BCUT2D eigenvalue weighted by Crippen LogP contribution is -2.35. The molecule has 0 spiro atoms. The van der Waals surface area contributed by atoms with Gasteiger partial charge in [0.15, 0.2) is 0 Å². The Morgan fingerprint density at radius 3 is 2.00 bits per heavy atom. The fraction of sp³-hybridized carbons (Fsp3) is 0.600. The van der Waals surface area contributed by atoms with Crippen LogP contribution in [0.1, 0.15) is 5.56 Å². The van der Waals surface area contributed by atoms with E-state index in [2.05, 4.69) is 17.0 Å². The molecule has 0 bridgehead atoms. The van der Waals surface area contributed by atoms with E-state index in [4.69, 9.17) is 0 Å². The molecule has 1 aromatic rings. The average molecular weight is 284 g/mol. The van der Waals surface area contributed by atoms with Crippen LogP contribution in [0.3, 0.4) is 0 Å². The Morgan fingerprint density at radius 1 is 0.900 bits per heavy atom. The number of nitrogens with zero attached hydrogens (tertiary/aromatic N) is 2. The number of hydrogen-bond donors (Lipinski definition) is 0. The van der Waals surface area contributed by atoms with Crippen molar-refractivity contribution in [1.82, 2.24) is 9.80 Å². The molecule has 1 aromatic carbocycles. The number of benzene rings is 1. The molecule has 0 amide bonds. The number of halogens is 3. The molecule has 2 heterocycles. The van der Waals surface area contributed by atoms with Gasteiger partial charge in [-0.2, -0.15) is 13.2 Å². The van der Waals surface area contributed by atoms with Crippen LogP contribution in [0.15, 0.2) is 30.3 Å². The number of rotatable bonds is 3. The number of fused-ring (bicyclic) bond motifs is 1. The van der Waals surface area contributed by atoms with Crippen LogP contribution in [-0.4, -0.2) is 48.7 Å². The van der Waals surface area contributed by atoms with Crippen molar-refractivity contribution in [2.45, 2.75) is 12.7 Å². The zero-order chi connectivity index (χ0) is 14.2. The first-order valence-corrected chi connectivity index (χ1v) is 7.05. The van der Waals surface area contributed by atoms with Gasteiger partial charge in [0.05, 0.1) is 6.54 Å². The molecule has 0 N–H and O–H groups in total. The molecule has 2 aliphatic rings. The minimum Gasteiger partial charge on any atom is -0.298 e. The normalized spacial score (nSPS) is 27.9. The van der Waals surface area contributed by atoms with Crippen molar-refractivity contribution in [3.8, 4) is 0 Å². The Kier molecular flexibility index (Phi) is 3.73. The first-order valence-electron chi connectivity index (χ1n) is 7.05. The van der Waals surface area contributed by atoms with Crippen molar-refractivity contribution in [2.75, 3.05) is 32.7 Å². The molecule has 0 aliphatic carbocycles. The average Bonchev–Trinajstić information content (AvgIpc) is 2.85. The minimum atomic E-state index is -4.07. The lowest BCUT2D eigenvalue weighted by molar-refractivity contribution is -0.144. The summed E-state index contributed by atoms with van der Waals surface area (Å²) in [7, 11) is 0. The Balaban J connectivity index is 1.51. The molecule has 110 valence electrons. The maximum Gasteiger partial charge on any atom is 0.401 e. The lowest BCUT2D eigenvalue weighted by Gasteiger charge is -2.22. The summed E-state index contributed by atoms with van der Waals surface area (Å²) in [4.78, 5) is 3.94. The Hall–Kier alpha value is -1.07. The Labute approximate surface area is 117 Å². The van der Waals surface area contributed by atoms with Gasteiger partial charge in [-0.05, 0) is 17.4 Å². The fourth-order valence-corrected chi connectivity index (χ4v) is 3.54. The third-order valence-corrected chi connectivity index (χ3v) is 4.29. The zero-order valence-electron chi connectivity index (χ0n) is 11.3. The van der Waals surface area contributed by atoms with E-state index in [1.54, 1.807) is 4.90 Å². The van der Waals surface area contributed by atoms with Crippen molar-refractivity contribution in [3.63, 3.8) is 0 Å². The van der Waals surface area contributed by atoms with Crippen molar-refractivity contribution in [3.05, 3.63) is 35.9 Å². The molecule has 2 atom stereocenters. The smallest absolute Gasteiger partial charge is 0.298 e. The van der Waals surface area contributed by atoms with E-state index < -0.39 is 12.7 Å². The molecular weight excluding hydrogens is 265 g/mol. The van der Waals surface area contributed by atoms with Gasteiger partial charge in [-0.15, -0.1) is 0 Å². The van der Waals surface area contributed by atoms with Crippen LogP contribution >= 0.6 is 0 Å². The van der Waals surface area contributed by atoms with E-state index in [1.807, 2.05) is 18.2 Å². The number of hydrogen-bond acceptors (Lipinski definition) is 2. The van der Waals surface area contributed by atoms with E-state index in [9.17, 15) is 13.2 Å². The van der Waals surface area contributed by atoms with Crippen LogP contribution in [0, 0.1) is 11.8 Å². The van der Waals surface area contributed by atoms with Crippen LogP contribution in [0.4, 0.5) is 13.2 Å². The van der Waals surface area contributed by atoms with Crippen LogP contribution in [0.2, 0.25) is 0 Å². The SMILES string of the molecule is FC(F)(F)CN1C[C@H]2CN(Cc3ccccc3)C[C@@H]2C1. The standard InChI is InChI=1S/C15H19F3N2/c16-15(17,18)11-20-9-13-7-19(8-14(13)10-20)6-12-4-2-1-3-5-12/h1-5,13-14H,6-11H2/t13-,14-/m1/s1. The summed E-state index contributed by atoms with van der Waals surface area (Å²) in [5.74, 6) is 0.808. The molecule has 20 heavy (non-hydrogen) atoms. The highest BCUT2D eigenvalue weighted by Crippen LogP contribution is 2.33. The minimum absolute atomic E-state index is 0.404. The number of likely N-dealkylation sites (tertiary alicyclic amines) is 2. The van der Waals surface area contributed by atoms with Gasteiger partial charge in [-0.3, -0.25) is 9.80 Å².